The van der Waals surface area contributed by atoms with Gasteiger partial charge in [0.2, 0.25) is 0 Å². The Balaban J connectivity index is 1.94. The first-order valence-corrected chi connectivity index (χ1v) is 6.63. The van der Waals surface area contributed by atoms with Crippen molar-refractivity contribution in [2.45, 2.75) is 20.3 Å². The van der Waals surface area contributed by atoms with Crippen LogP contribution in [0, 0.1) is 13.8 Å². The molecule has 0 unspecified atom stereocenters. The summed E-state index contributed by atoms with van der Waals surface area (Å²) >= 11 is 0. The normalized spacial score (nSPS) is 10.3. The quantitative estimate of drug-likeness (QED) is 0.894. The van der Waals surface area contributed by atoms with Crippen molar-refractivity contribution in [3.05, 3.63) is 58.9 Å². The lowest BCUT2D eigenvalue weighted by Gasteiger charge is -2.09. The predicted octanol–water partition coefficient (Wildman–Crippen LogP) is 2.25. The molecule has 0 bridgehead atoms. The van der Waals surface area contributed by atoms with Crippen molar-refractivity contribution < 1.29 is 4.79 Å². The Kier molecular flexibility index (Phi) is 4.35. The summed E-state index contributed by atoms with van der Waals surface area (Å²) in [4.78, 5) is 16.1. The fraction of sp³-hybridized carbons (Fsp3) is 0.250. The Hall–Kier alpha value is -2.36. The molecule has 20 heavy (non-hydrogen) atoms. The first kappa shape index (κ1) is 14.1. The number of aryl methyl sites for hydroxylation is 2. The molecule has 0 spiro atoms. The number of nitrogens with one attached hydrogen (secondary N) is 1. The third-order valence-electron chi connectivity index (χ3n) is 3.26. The minimum absolute atomic E-state index is 0.177. The van der Waals surface area contributed by atoms with E-state index in [-0.39, 0.29) is 5.91 Å². The molecule has 0 aliphatic carbocycles. The molecule has 1 heterocycles. The molecule has 1 aromatic carbocycles. The van der Waals surface area contributed by atoms with E-state index in [0.717, 1.165) is 12.1 Å². The third kappa shape index (κ3) is 3.35. The van der Waals surface area contributed by atoms with Crippen LogP contribution in [0.1, 0.15) is 27.2 Å². The zero-order valence-corrected chi connectivity index (χ0v) is 11.8. The maximum absolute atomic E-state index is 12.0. The van der Waals surface area contributed by atoms with Crippen molar-refractivity contribution in [2.24, 2.45) is 0 Å². The van der Waals surface area contributed by atoms with E-state index in [1.807, 2.05) is 19.1 Å². The van der Waals surface area contributed by atoms with Crippen molar-refractivity contribution in [1.29, 1.82) is 0 Å². The molecule has 0 atom stereocenters. The molecule has 1 amide bonds. The van der Waals surface area contributed by atoms with Crippen LogP contribution in [0.3, 0.4) is 0 Å². The first-order chi connectivity index (χ1) is 9.58. The average Bonchev–Trinajstić information content (AvgIpc) is 2.40. The van der Waals surface area contributed by atoms with Crippen molar-refractivity contribution in [3.63, 3.8) is 0 Å². The fourth-order valence-electron chi connectivity index (χ4n) is 2.07. The van der Waals surface area contributed by atoms with Crippen LogP contribution in [0.25, 0.3) is 0 Å². The maximum Gasteiger partial charge on any atom is 0.254 e. The highest BCUT2D eigenvalue weighted by molar-refractivity contribution is 5.98. The van der Waals surface area contributed by atoms with Gasteiger partial charge in [-0.25, -0.2) is 0 Å². The number of nitrogens with zero attached hydrogens (tertiary/aromatic N) is 1. The first-order valence-electron chi connectivity index (χ1n) is 6.63. The fourth-order valence-corrected chi connectivity index (χ4v) is 2.07. The summed E-state index contributed by atoms with van der Waals surface area (Å²) < 4.78 is 0. The van der Waals surface area contributed by atoms with Crippen LogP contribution in [-0.4, -0.2) is 17.4 Å². The molecule has 0 radical (unpaired) electrons. The third-order valence-corrected chi connectivity index (χ3v) is 3.26. The molecular formula is C16H19N3O. The van der Waals surface area contributed by atoms with Crippen molar-refractivity contribution in [1.82, 2.24) is 10.3 Å². The number of aromatic nitrogens is 1. The number of nitrogens with two attached hydrogens (primary N) is 1. The van der Waals surface area contributed by atoms with Gasteiger partial charge in [0.15, 0.2) is 0 Å². The Morgan fingerprint density at radius 3 is 2.75 bits per heavy atom. The minimum atomic E-state index is -0.177. The number of amides is 1. The van der Waals surface area contributed by atoms with E-state index < -0.39 is 0 Å². The van der Waals surface area contributed by atoms with Crippen molar-refractivity contribution in [3.8, 4) is 0 Å². The molecular weight excluding hydrogens is 250 g/mol. The number of carbonyl (C=O) groups excluding carboxylic acids is 1. The van der Waals surface area contributed by atoms with Crippen LogP contribution in [0.2, 0.25) is 0 Å². The SMILES string of the molecule is Cc1cc(N)c(C(=O)NCCc2ccccc2C)cn1. The van der Waals surface area contributed by atoms with E-state index in [9.17, 15) is 4.79 Å². The number of nitrogen functional groups attached to an aromatic ring is 1. The molecule has 2 aromatic rings. The molecule has 2 rings (SSSR count). The van der Waals surface area contributed by atoms with E-state index in [1.54, 1.807) is 6.07 Å². The lowest BCUT2D eigenvalue weighted by Crippen LogP contribution is -2.26. The van der Waals surface area contributed by atoms with Gasteiger partial charge in [0, 0.05) is 24.1 Å². The highest BCUT2D eigenvalue weighted by Crippen LogP contribution is 2.11. The Bertz CT molecular complexity index is 623. The summed E-state index contributed by atoms with van der Waals surface area (Å²) in [5.41, 5.74) is 10.0. The summed E-state index contributed by atoms with van der Waals surface area (Å²) in [6.07, 6.45) is 2.32. The lowest BCUT2D eigenvalue weighted by atomic mass is 10.1. The van der Waals surface area contributed by atoms with Gasteiger partial charge < -0.3 is 11.1 Å². The number of pyridine rings is 1. The van der Waals surface area contributed by atoms with Gasteiger partial charge in [-0.1, -0.05) is 24.3 Å². The maximum atomic E-state index is 12.0. The van der Waals surface area contributed by atoms with Crippen LogP contribution in [0.4, 0.5) is 5.69 Å². The monoisotopic (exact) mass is 269 g/mol. The minimum Gasteiger partial charge on any atom is -0.398 e. The summed E-state index contributed by atoms with van der Waals surface area (Å²) in [5, 5.41) is 2.88. The Morgan fingerprint density at radius 1 is 1.30 bits per heavy atom. The van der Waals surface area contributed by atoms with E-state index in [2.05, 4.69) is 29.4 Å². The van der Waals surface area contributed by atoms with Crippen LogP contribution < -0.4 is 11.1 Å². The summed E-state index contributed by atoms with van der Waals surface area (Å²) in [6, 6.07) is 9.86. The van der Waals surface area contributed by atoms with Crippen LogP contribution in [-0.2, 0) is 6.42 Å². The van der Waals surface area contributed by atoms with E-state index in [1.165, 1.54) is 17.3 Å². The second-order valence-corrected chi connectivity index (χ2v) is 4.85. The highest BCUT2D eigenvalue weighted by atomic mass is 16.1. The summed E-state index contributed by atoms with van der Waals surface area (Å²) in [5.74, 6) is -0.177. The molecule has 4 nitrogen and oxygen atoms in total. The molecule has 1 aromatic heterocycles. The van der Waals surface area contributed by atoms with Crippen LogP contribution >= 0.6 is 0 Å². The molecule has 0 aliphatic rings. The van der Waals surface area contributed by atoms with Gasteiger partial charge in [0.05, 0.1) is 5.56 Å². The molecule has 0 fully saturated rings. The summed E-state index contributed by atoms with van der Waals surface area (Å²) in [7, 11) is 0. The van der Waals surface area contributed by atoms with E-state index >= 15 is 0 Å². The molecule has 0 saturated heterocycles. The summed E-state index contributed by atoms with van der Waals surface area (Å²) in [6.45, 7) is 4.49. The zero-order chi connectivity index (χ0) is 14.5. The Labute approximate surface area is 119 Å². The number of carbonyl (C=O) groups is 1. The number of anilines is 1. The van der Waals surface area contributed by atoms with Gasteiger partial charge in [-0.3, -0.25) is 9.78 Å². The number of hydrogen-bond acceptors (Lipinski definition) is 3. The average molecular weight is 269 g/mol. The smallest absolute Gasteiger partial charge is 0.254 e. The van der Waals surface area contributed by atoms with Crippen molar-refractivity contribution in [2.75, 3.05) is 12.3 Å². The van der Waals surface area contributed by atoms with Gasteiger partial charge in [-0.2, -0.15) is 0 Å². The molecule has 0 saturated carbocycles. The molecule has 0 aliphatic heterocycles. The molecule has 104 valence electrons. The number of hydrogen-bond donors (Lipinski definition) is 2. The van der Waals surface area contributed by atoms with Gasteiger partial charge in [0.1, 0.15) is 0 Å². The van der Waals surface area contributed by atoms with E-state index in [0.29, 0.717) is 17.8 Å². The second kappa shape index (κ2) is 6.19. The molecule has 3 N–H and O–H groups in total. The number of benzene rings is 1. The predicted molar refractivity (Wildman–Crippen MR) is 80.6 cm³/mol. The largest absolute Gasteiger partial charge is 0.398 e. The highest BCUT2D eigenvalue weighted by Gasteiger charge is 2.09. The van der Waals surface area contributed by atoms with Crippen molar-refractivity contribution >= 4 is 11.6 Å². The number of rotatable bonds is 4. The van der Waals surface area contributed by atoms with Gasteiger partial charge >= 0.3 is 0 Å². The van der Waals surface area contributed by atoms with Crippen LogP contribution in [0.5, 0.6) is 0 Å². The Morgan fingerprint density at radius 2 is 2.05 bits per heavy atom. The zero-order valence-electron chi connectivity index (χ0n) is 11.8. The van der Waals surface area contributed by atoms with Gasteiger partial charge in [0.25, 0.3) is 5.91 Å². The molecule has 4 heteroatoms. The van der Waals surface area contributed by atoms with Crippen LogP contribution in [0.15, 0.2) is 36.5 Å². The topological polar surface area (TPSA) is 68.0 Å². The van der Waals surface area contributed by atoms with Gasteiger partial charge in [-0.15, -0.1) is 0 Å². The lowest BCUT2D eigenvalue weighted by molar-refractivity contribution is 0.0954. The van der Waals surface area contributed by atoms with Gasteiger partial charge in [-0.05, 0) is 37.5 Å². The second-order valence-electron chi connectivity index (χ2n) is 4.85. The standard InChI is InChI=1S/C16H19N3O/c1-11-5-3-4-6-13(11)7-8-18-16(20)14-10-19-12(2)9-15(14)17/h3-6,9-10H,7-8H2,1-2H3,(H2,17,19)(H,18,20). The van der Waals surface area contributed by atoms with E-state index in [4.69, 9.17) is 5.73 Å².